The van der Waals surface area contributed by atoms with E-state index in [1.807, 2.05) is 23.3 Å². The Balaban J connectivity index is 0.00000242. The molecule has 2 rings (SSSR count). The highest BCUT2D eigenvalue weighted by molar-refractivity contribution is 7.98. The number of hydrogen-bond acceptors (Lipinski definition) is 5. The van der Waals surface area contributed by atoms with Gasteiger partial charge < -0.3 is 15.5 Å². The monoisotopic (exact) mass is 364 g/mol. The first-order chi connectivity index (χ1) is 10.1. The highest BCUT2D eigenvalue weighted by atomic mass is 35.5. The number of anilines is 1. The Bertz CT molecular complexity index is 484. The van der Waals surface area contributed by atoms with Crippen LogP contribution in [0.5, 0.6) is 0 Å². The van der Waals surface area contributed by atoms with Crippen molar-refractivity contribution in [1.82, 2.24) is 9.88 Å². The molecule has 0 bridgehead atoms. The van der Waals surface area contributed by atoms with E-state index in [0.29, 0.717) is 18.1 Å². The van der Waals surface area contributed by atoms with E-state index < -0.39 is 0 Å². The van der Waals surface area contributed by atoms with Crippen molar-refractivity contribution in [3.05, 3.63) is 23.4 Å². The molecule has 1 amide bonds. The molecule has 22 heavy (non-hydrogen) atoms. The number of carbonyl (C=O) groups is 1. The van der Waals surface area contributed by atoms with Gasteiger partial charge in [-0.2, -0.15) is 11.8 Å². The van der Waals surface area contributed by atoms with E-state index >= 15 is 0 Å². The third kappa shape index (κ3) is 4.91. The van der Waals surface area contributed by atoms with Gasteiger partial charge in [-0.15, -0.1) is 12.4 Å². The third-order valence-corrected chi connectivity index (χ3v) is 4.52. The van der Waals surface area contributed by atoms with Crippen molar-refractivity contribution in [3.63, 3.8) is 0 Å². The summed E-state index contributed by atoms with van der Waals surface area (Å²) in [6.45, 7) is 2.80. The van der Waals surface area contributed by atoms with Crippen molar-refractivity contribution in [1.29, 1.82) is 0 Å². The molecule has 5 nitrogen and oxygen atoms in total. The van der Waals surface area contributed by atoms with E-state index in [0.717, 1.165) is 31.1 Å². The normalized spacial score (nSPS) is 16.1. The summed E-state index contributed by atoms with van der Waals surface area (Å²) < 4.78 is 0. The smallest absolute Gasteiger partial charge is 0.239 e. The molecule has 1 aliphatic rings. The van der Waals surface area contributed by atoms with Crippen molar-refractivity contribution in [2.45, 2.75) is 12.5 Å². The number of halogens is 2. The molecule has 0 saturated carbocycles. The SMILES string of the molecule is CSCC[C@H](N)C(=O)N1CCN(c2ncccc2Cl)CC1.Cl. The summed E-state index contributed by atoms with van der Waals surface area (Å²) in [4.78, 5) is 20.5. The van der Waals surface area contributed by atoms with Gasteiger partial charge in [0.05, 0.1) is 11.1 Å². The molecule has 1 aliphatic heterocycles. The van der Waals surface area contributed by atoms with Crippen molar-refractivity contribution >= 4 is 47.5 Å². The van der Waals surface area contributed by atoms with Gasteiger partial charge in [0.2, 0.25) is 5.91 Å². The molecule has 1 fully saturated rings. The second-order valence-electron chi connectivity index (χ2n) is 5.01. The van der Waals surface area contributed by atoms with Gasteiger partial charge in [-0.3, -0.25) is 4.79 Å². The molecular formula is C14H22Cl2N4OS. The molecule has 1 atom stereocenters. The van der Waals surface area contributed by atoms with E-state index in [9.17, 15) is 4.79 Å². The van der Waals surface area contributed by atoms with Gasteiger partial charge >= 0.3 is 0 Å². The number of nitrogens with zero attached hydrogens (tertiary/aromatic N) is 3. The molecule has 0 aliphatic carbocycles. The van der Waals surface area contributed by atoms with Crippen LogP contribution in [0.1, 0.15) is 6.42 Å². The van der Waals surface area contributed by atoms with E-state index in [2.05, 4.69) is 9.88 Å². The number of nitrogens with two attached hydrogens (primary N) is 1. The Hall–Kier alpha value is -0.690. The number of amides is 1. The largest absolute Gasteiger partial charge is 0.352 e. The number of piperazine rings is 1. The van der Waals surface area contributed by atoms with Crippen LogP contribution in [-0.2, 0) is 4.79 Å². The molecule has 124 valence electrons. The third-order valence-electron chi connectivity index (χ3n) is 3.58. The lowest BCUT2D eigenvalue weighted by Gasteiger charge is -2.36. The second kappa shape index (κ2) is 9.45. The van der Waals surface area contributed by atoms with E-state index in [4.69, 9.17) is 17.3 Å². The fraction of sp³-hybridized carbons (Fsp3) is 0.571. The molecular weight excluding hydrogens is 343 g/mol. The van der Waals surface area contributed by atoms with Crippen molar-refractivity contribution in [2.24, 2.45) is 5.73 Å². The van der Waals surface area contributed by atoms with Crippen LogP contribution in [0.25, 0.3) is 0 Å². The van der Waals surface area contributed by atoms with Gasteiger partial charge in [0.1, 0.15) is 5.82 Å². The van der Waals surface area contributed by atoms with Crippen molar-refractivity contribution in [3.8, 4) is 0 Å². The first kappa shape index (κ1) is 19.4. The number of carbonyl (C=O) groups excluding carboxylic acids is 1. The van der Waals surface area contributed by atoms with Crippen LogP contribution in [0, 0.1) is 0 Å². The molecule has 2 heterocycles. The highest BCUT2D eigenvalue weighted by Gasteiger charge is 2.26. The predicted molar refractivity (Wildman–Crippen MR) is 96.3 cm³/mol. The van der Waals surface area contributed by atoms with Gasteiger partial charge in [-0.05, 0) is 30.6 Å². The molecule has 8 heteroatoms. The Kier molecular flexibility index (Phi) is 8.31. The zero-order valence-electron chi connectivity index (χ0n) is 12.6. The molecule has 2 N–H and O–H groups in total. The zero-order valence-corrected chi connectivity index (χ0v) is 15.0. The second-order valence-corrected chi connectivity index (χ2v) is 6.40. The van der Waals surface area contributed by atoms with Gasteiger partial charge in [0.25, 0.3) is 0 Å². The fourth-order valence-electron chi connectivity index (χ4n) is 2.35. The number of hydrogen-bond donors (Lipinski definition) is 1. The molecule has 0 radical (unpaired) electrons. The maximum Gasteiger partial charge on any atom is 0.239 e. The Morgan fingerprint density at radius 1 is 1.45 bits per heavy atom. The van der Waals surface area contributed by atoms with E-state index in [-0.39, 0.29) is 24.4 Å². The molecule has 1 saturated heterocycles. The first-order valence-corrected chi connectivity index (χ1v) is 8.79. The molecule has 0 unspecified atom stereocenters. The van der Waals surface area contributed by atoms with Crippen LogP contribution < -0.4 is 10.6 Å². The van der Waals surface area contributed by atoms with Crippen LogP contribution in [0.4, 0.5) is 5.82 Å². The molecule has 1 aromatic rings. The van der Waals surface area contributed by atoms with Gasteiger partial charge in [0, 0.05) is 32.4 Å². The Labute approximate surface area is 147 Å². The van der Waals surface area contributed by atoms with Crippen LogP contribution >= 0.6 is 35.8 Å². The maximum atomic E-state index is 12.2. The number of aromatic nitrogens is 1. The van der Waals surface area contributed by atoms with Crippen LogP contribution in [0.15, 0.2) is 18.3 Å². The average Bonchev–Trinajstić information content (AvgIpc) is 2.52. The summed E-state index contributed by atoms with van der Waals surface area (Å²) in [5.41, 5.74) is 5.95. The number of thioether (sulfide) groups is 1. The summed E-state index contributed by atoms with van der Waals surface area (Å²) in [6.07, 6.45) is 4.48. The Morgan fingerprint density at radius 2 is 2.14 bits per heavy atom. The topological polar surface area (TPSA) is 62.5 Å². The molecule has 1 aromatic heterocycles. The summed E-state index contributed by atoms with van der Waals surface area (Å²) in [6, 6.07) is 3.26. The standard InChI is InChI=1S/C14H21ClN4OS.ClH/c1-21-10-4-12(16)14(20)19-8-6-18(7-9-19)13-11(15)3-2-5-17-13;/h2-3,5,12H,4,6-10,16H2,1H3;1H/t12-;/m0./s1. The number of rotatable bonds is 5. The molecule has 0 aromatic carbocycles. The minimum Gasteiger partial charge on any atom is -0.352 e. The lowest BCUT2D eigenvalue weighted by Crippen LogP contribution is -2.53. The van der Waals surface area contributed by atoms with E-state index in [1.165, 1.54) is 0 Å². The summed E-state index contributed by atoms with van der Waals surface area (Å²) in [5.74, 6) is 1.75. The van der Waals surface area contributed by atoms with Gasteiger partial charge in [-0.25, -0.2) is 4.98 Å². The van der Waals surface area contributed by atoms with Crippen molar-refractivity contribution < 1.29 is 4.79 Å². The highest BCUT2D eigenvalue weighted by Crippen LogP contribution is 2.23. The predicted octanol–water partition coefficient (Wildman–Crippen LogP) is 1.89. The number of pyridine rings is 1. The summed E-state index contributed by atoms with van der Waals surface area (Å²) >= 11 is 7.87. The summed E-state index contributed by atoms with van der Waals surface area (Å²) in [5, 5.41) is 0.647. The minimum absolute atomic E-state index is 0. The quantitative estimate of drug-likeness (QED) is 0.864. The van der Waals surface area contributed by atoms with Crippen molar-refractivity contribution in [2.75, 3.05) is 43.1 Å². The van der Waals surface area contributed by atoms with Gasteiger partial charge in [0.15, 0.2) is 0 Å². The van der Waals surface area contributed by atoms with E-state index in [1.54, 1.807) is 18.0 Å². The van der Waals surface area contributed by atoms with Crippen LogP contribution in [0.2, 0.25) is 5.02 Å². The van der Waals surface area contributed by atoms with Crippen LogP contribution in [-0.4, -0.2) is 60.0 Å². The Morgan fingerprint density at radius 3 is 2.73 bits per heavy atom. The van der Waals surface area contributed by atoms with Crippen LogP contribution in [0.3, 0.4) is 0 Å². The minimum atomic E-state index is -0.387. The zero-order chi connectivity index (χ0) is 15.2. The first-order valence-electron chi connectivity index (χ1n) is 7.02. The lowest BCUT2D eigenvalue weighted by molar-refractivity contribution is -0.132. The van der Waals surface area contributed by atoms with Gasteiger partial charge in [-0.1, -0.05) is 11.6 Å². The molecule has 0 spiro atoms. The lowest BCUT2D eigenvalue weighted by atomic mass is 10.2. The summed E-state index contributed by atoms with van der Waals surface area (Å²) in [7, 11) is 0. The average molecular weight is 365 g/mol. The fourth-order valence-corrected chi connectivity index (χ4v) is 3.08. The maximum absolute atomic E-state index is 12.2.